The molecule has 1 atom stereocenters. The molecule has 7 nitrogen and oxygen atoms in total. The van der Waals surface area contributed by atoms with Crippen LogP contribution in [0.1, 0.15) is 45.8 Å². The maximum absolute atomic E-state index is 5.85. The van der Waals surface area contributed by atoms with Gasteiger partial charge in [-0.15, -0.1) is 0 Å². The van der Waals surface area contributed by atoms with Crippen molar-refractivity contribution in [1.29, 1.82) is 0 Å². The highest BCUT2D eigenvalue weighted by Crippen LogP contribution is 2.31. The number of oxazole rings is 1. The minimum Gasteiger partial charge on any atom is -0.495 e. The molecule has 164 valence electrons. The Bertz CT molecular complexity index is 840. The lowest BCUT2D eigenvalue weighted by atomic mass is 9.94. The molecule has 3 rings (SSSR count). The molecule has 2 aromatic rings. The summed E-state index contributed by atoms with van der Waals surface area (Å²) in [6, 6.07) is 8.22. The Morgan fingerprint density at radius 2 is 2.10 bits per heavy atom. The van der Waals surface area contributed by atoms with Crippen LogP contribution in [-0.2, 0) is 12.0 Å². The van der Waals surface area contributed by atoms with E-state index in [4.69, 9.17) is 9.15 Å². The summed E-state index contributed by atoms with van der Waals surface area (Å²) < 4.78 is 11.4. The van der Waals surface area contributed by atoms with Gasteiger partial charge in [-0.3, -0.25) is 0 Å². The van der Waals surface area contributed by atoms with Gasteiger partial charge in [0.1, 0.15) is 18.1 Å². The van der Waals surface area contributed by atoms with E-state index in [1.165, 1.54) is 5.69 Å². The fourth-order valence-electron chi connectivity index (χ4n) is 3.57. The minimum atomic E-state index is -0.0481. The van der Waals surface area contributed by atoms with Crippen LogP contribution in [0, 0.1) is 5.92 Å². The van der Waals surface area contributed by atoms with Crippen LogP contribution in [0.4, 0.5) is 5.69 Å². The normalized spacial score (nSPS) is 17.3. The number of aromatic nitrogens is 1. The Morgan fingerprint density at radius 3 is 2.80 bits per heavy atom. The fraction of sp³-hybridized carbons (Fsp3) is 0.565. The lowest BCUT2D eigenvalue weighted by molar-refractivity contribution is 0.383. The molecule has 0 amide bonds. The number of hydrogen-bond donors (Lipinski definition) is 2. The highest BCUT2D eigenvalue weighted by atomic mass is 16.5. The number of ether oxygens (including phenoxy) is 1. The first-order valence-electron chi connectivity index (χ1n) is 10.8. The summed E-state index contributed by atoms with van der Waals surface area (Å²) in [6.07, 6.45) is 2.94. The summed E-state index contributed by atoms with van der Waals surface area (Å²) in [5, 5.41) is 6.79. The van der Waals surface area contributed by atoms with Crippen LogP contribution >= 0.6 is 0 Å². The van der Waals surface area contributed by atoms with Gasteiger partial charge in [-0.25, -0.2) is 9.98 Å². The molecule has 0 radical (unpaired) electrons. The van der Waals surface area contributed by atoms with E-state index in [0.717, 1.165) is 50.1 Å². The van der Waals surface area contributed by atoms with Crippen molar-refractivity contribution in [2.75, 3.05) is 38.2 Å². The van der Waals surface area contributed by atoms with E-state index in [2.05, 4.69) is 65.3 Å². The molecule has 1 aromatic carbocycles. The third kappa shape index (κ3) is 5.68. The maximum atomic E-state index is 5.85. The van der Waals surface area contributed by atoms with Gasteiger partial charge in [0.15, 0.2) is 5.96 Å². The number of nitrogens with zero attached hydrogens (tertiary/aromatic N) is 3. The van der Waals surface area contributed by atoms with Crippen molar-refractivity contribution in [3.8, 4) is 5.75 Å². The molecular formula is C23H35N5O2. The van der Waals surface area contributed by atoms with Gasteiger partial charge in [0, 0.05) is 31.6 Å². The number of hydrogen-bond acceptors (Lipinski definition) is 5. The second-order valence-corrected chi connectivity index (χ2v) is 8.72. The summed E-state index contributed by atoms with van der Waals surface area (Å²) >= 11 is 0. The van der Waals surface area contributed by atoms with Gasteiger partial charge >= 0.3 is 0 Å². The van der Waals surface area contributed by atoms with Crippen LogP contribution in [0.2, 0.25) is 0 Å². The first-order chi connectivity index (χ1) is 14.4. The van der Waals surface area contributed by atoms with Gasteiger partial charge in [0.2, 0.25) is 5.89 Å². The predicted molar refractivity (Wildman–Crippen MR) is 121 cm³/mol. The van der Waals surface area contributed by atoms with Crippen molar-refractivity contribution < 1.29 is 9.15 Å². The molecule has 0 aliphatic carbocycles. The first-order valence-corrected chi connectivity index (χ1v) is 10.8. The molecule has 7 heteroatoms. The van der Waals surface area contributed by atoms with Crippen molar-refractivity contribution in [2.45, 2.75) is 46.1 Å². The van der Waals surface area contributed by atoms with Gasteiger partial charge in [-0.2, -0.15) is 0 Å². The van der Waals surface area contributed by atoms with Gasteiger partial charge in [0.25, 0.3) is 0 Å². The summed E-state index contributed by atoms with van der Waals surface area (Å²) in [7, 11) is 1.73. The number of guanidine groups is 1. The van der Waals surface area contributed by atoms with Gasteiger partial charge in [-0.1, -0.05) is 32.9 Å². The highest BCUT2D eigenvalue weighted by molar-refractivity contribution is 5.79. The van der Waals surface area contributed by atoms with E-state index in [1.54, 1.807) is 13.3 Å². The summed E-state index contributed by atoms with van der Waals surface area (Å²) in [5.41, 5.74) is 1.12. The molecule has 30 heavy (non-hydrogen) atoms. The van der Waals surface area contributed by atoms with E-state index in [0.29, 0.717) is 18.4 Å². The zero-order chi connectivity index (χ0) is 21.6. The zero-order valence-corrected chi connectivity index (χ0v) is 18.9. The lowest BCUT2D eigenvalue weighted by Crippen LogP contribution is -2.40. The second-order valence-electron chi connectivity index (χ2n) is 8.72. The van der Waals surface area contributed by atoms with Crippen LogP contribution in [0.15, 0.2) is 39.9 Å². The number of anilines is 1. The smallest absolute Gasteiger partial charge is 0.216 e. The molecule has 0 spiro atoms. The second kappa shape index (κ2) is 9.87. The topological polar surface area (TPSA) is 74.9 Å². The number of aliphatic imine (C=N–C) groups is 1. The number of para-hydroxylation sites is 2. The molecule has 1 aliphatic heterocycles. The van der Waals surface area contributed by atoms with Crippen molar-refractivity contribution in [2.24, 2.45) is 10.9 Å². The molecule has 2 heterocycles. The SMILES string of the molecule is CCNC(=NCc1ncc(C(C)(C)C)o1)NCC1CCN(c2ccccc2OC)C1. The number of nitrogens with one attached hydrogen (secondary N) is 2. The van der Waals surface area contributed by atoms with Gasteiger partial charge in [0.05, 0.1) is 19.0 Å². The lowest BCUT2D eigenvalue weighted by Gasteiger charge is -2.21. The quantitative estimate of drug-likeness (QED) is 0.534. The molecule has 1 aromatic heterocycles. The molecule has 0 saturated carbocycles. The highest BCUT2D eigenvalue weighted by Gasteiger charge is 2.24. The number of rotatable bonds is 7. The zero-order valence-electron chi connectivity index (χ0n) is 18.9. The molecule has 2 N–H and O–H groups in total. The third-order valence-electron chi connectivity index (χ3n) is 5.28. The summed E-state index contributed by atoms with van der Waals surface area (Å²) in [4.78, 5) is 11.4. The standard InChI is InChI=1S/C23H35N5O2/c1-6-24-22(27-15-21-25-14-20(30-21)23(2,3)4)26-13-17-11-12-28(16-17)18-9-7-8-10-19(18)29-5/h7-10,14,17H,6,11-13,15-16H2,1-5H3,(H2,24,26,27). The van der Waals surface area contributed by atoms with Gasteiger partial charge < -0.3 is 24.7 Å². The molecule has 1 fully saturated rings. The molecular weight excluding hydrogens is 378 g/mol. The fourth-order valence-corrected chi connectivity index (χ4v) is 3.57. The van der Waals surface area contributed by atoms with E-state index >= 15 is 0 Å². The van der Waals surface area contributed by atoms with Crippen molar-refractivity contribution in [1.82, 2.24) is 15.6 Å². The molecule has 0 bridgehead atoms. The Balaban J connectivity index is 1.54. The van der Waals surface area contributed by atoms with Crippen LogP contribution in [0.3, 0.4) is 0 Å². The Morgan fingerprint density at radius 1 is 1.30 bits per heavy atom. The Hall–Kier alpha value is -2.70. The van der Waals surface area contributed by atoms with E-state index in [-0.39, 0.29) is 5.41 Å². The van der Waals surface area contributed by atoms with Crippen molar-refractivity contribution in [3.63, 3.8) is 0 Å². The number of benzene rings is 1. The number of methoxy groups -OCH3 is 1. The average molecular weight is 414 g/mol. The van der Waals surface area contributed by atoms with Gasteiger partial charge in [-0.05, 0) is 31.4 Å². The maximum Gasteiger partial charge on any atom is 0.216 e. The monoisotopic (exact) mass is 413 g/mol. The average Bonchev–Trinajstić information content (AvgIpc) is 3.39. The van der Waals surface area contributed by atoms with Crippen LogP contribution in [0.25, 0.3) is 0 Å². The Labute approximate surface area is 179 Å². The molecule has 1 saturated heterocycles. The van der Waals surface area contributed by atoms with E-state index in [9.17, 15) is 0 Å². The van der Waals surface area contributed by atoms with Crippen LogP contribution < -0.4 is 20.3 Å². The largest absolute Gasteiger partial charge is 0.495 e. The van der Waals surface area contributed by atoms with E-state index < -0.39 is 0 Å². The molecule has 1 aliphatic rings. The first kappa shape index (κ1) is 22.0. The van der Waals surface area contributed by atoms with Crippen LogP contribution in [-0.4, -0.2) is 44.2 Å². The predicted octanol–water partition coefficient (Wildman–Crippen LogP) is 3.56. The van der Waals surface area contributed by atoms with Crippen LogP contribution in [0.5, 0.6) is 5.75 Å². The van der Waals surface area contributed by atoms with E-state index in [1.807, 2.05) is 12.1 Å². The minimum absolute atomic E-state index is 0.0481. The molecule has 1 unspecified atom stereocenters. The van der Waals surface area contributed by atoms with Crippen molar-refractivity contribution in [3.05, 3.63) is 42.1 Å². The summed E-state index contributed by atoms with van der Waals surface area (Å²) in [6.45, 7) is 12.5. The van der Waals surface area contributed by atoms with Crippen molar-refractivity contribution >= 4 is 11.6 Å². The summed E-state index contributed by atoms with van der Waals surface area (Å²) in [5.74, 6) is 3.80. The Kier molecular flexibility index (Phi) is 7.24. The third-order valence-corrected chi connectivity index (χ3v) is 5.28.